The van der Waals surface area contributed by atoms with Crippen LogP contribution in [0.15, 0.2) is 23.1 Å². The number of nitrogens with one attached hydrogen (secondary N) is 1. The van der Waals surface area contributed by atoms with E-state index in [1.54, 1.807) is 11.8 Å². The van der Waals surface area contributed by atoms with Gasteiger partial charge in [-0.05, 0) is 31.2 Å². The van der Waals surface area contributed by atoms with Crippen molar-refractivity contribution < 1.29 is 0 Å². The summed E-state index contributed by atoms with van der Waals surface area (Å²) in [4.78, 5) is 1.59. The SMILES string of the molecule is CCC(CC)Nc1cccc(SC)c1C(N)=S. The summed E-state index contributed by atoms with van der Waals surface area (Å²) in [6, 6.07) is 6.61. The second-order valence-corrected chi connectivity index (χ2v) is 5.19. The van der Waals surface area contributed by atoms with Gasteiger partial charge < -0.3 is 11.1 Å². The highest BCUT2D eigenvalue weighted by atomic mass is 32.2. The minimum absolute atomic E-state index is 0.461. The maximum absolute atomic E-state index is 5.83. The van der Waals surface area contributed by atoms with Crippen molar-refractivity contribution in [1.29, 1.82) is 0 Å². The van der Waals surface area contributed by atoms with Crippen molar-refractivity contribution in [3.63, 3.8) is 0 Å². The summed E-state index contributed by atoms with van der Waals surface area (Å²) in [6.45, 7) is 4.36. The van der Waals surface area contributed by atoms with E-state index in [0.717, 1.165) is 29.0 Å². The van der Waals surface area contributed by atoms with E-state index in [-0.39, 0.29) is 0 Å². The zero-order chi connectivity index (χ0) is 12.8. The Morgan fingerprint density at radius 2 is 2.06 bits per heavy atom. The van der Waals surface area contributed by atoms with Gasteiger partial charge in [-0.3, -0.25) is 0 Å². The first-order valence-corrected chi connectivity index (χ1v) is 7.50. The summed E-state index contributed by atoms with van der Waals surface area (Å²) in [5.74, 6) is 0. The summed E-state index contributed by atoms with van der Waals surface area (Å²) in [6.07, 6.45) is 4.23. The quantitative estimate of drug-likeness (QED) is 0.610. The number of hydrogen-bond donors (Lipinski definition) is 2. The van der Waals surface area contributed by atoms with Gasteiger partial charge in [0.15, 0.2) is 0 Å². The Kier molecular flexibility index (Phi) is 5.78. The van der Waals surface area contributed by atoms with E-state index in [2.05, 4.69) is 25.2 Å². The molecule has 0 aliphatic carbocycles. The number of hydrogen-bond acceptors (Lipinski definition) is 3. The monoisotopic (exact) mass is 268 g/mol. The summed E-state index contributed by atoms with van der Waals surface area (Å²) in [5, 5.41) is 3.52. The van der Waals surface area contributed by atoms with Crippen molar-refractivity contribution in [2.24, 2.45) is 5.73 Å². The lowest BCUT2D eigenvalue weighted by Gasteiger charge is -2.20. The molecule has 0 amide bonds. The smallest absolute Gasteiger partial charge is 0.107 e. The largest absolute Gasteiger partial charge is 0.389 e. The molecule has 0 atom stereocenters. The molecule has 0 unspecified atom stereocenters. The van der Waals surface area contributed by atoms with Gasteiger partial charge in [-0.25, -0.2) is 0 Å². The van der Waals surface area contributed by atoms with Crippen LogP contribution in [0.2, 0.25) is 0 Å². The molecule has 17 heavy (non-hydrogen) atoms. The molecule has 0 radical (unpaired) electrons. The number of thioether (sulfide) groups is 1. The number of benzene rings is 1. The first kappa shape index (κ1) is 14.3. The molecular weight excluding hydrogens is 248 g/mol. The summed E-state index contributed by atoms with van der Waals surface area (Å²) in [5.41, 5.74) is 7.86. The van der Waals surface area contributed by atoms with Gasteiger partial charge in [-0.15, -0.1) is 11.8 Å². The van der Waals surface area contributed by atoms with Crippen molar-refractivity contribution in [3.05, 3.63) is 23.8 Å². The highest BCUT2D eigenvalue weighted by Crippen LogP contribution is 2.28. The Labute approximate surface area is 113 Å². The molecule has 2 nitrogen and oxygen atoms in total. The van der Waals surface area contributed by atoms with Gasteiger partial charge in [0, 0.05) is 22.2 Å². The van der Waals surface area contributed by atoms with Crippen LogP contribution >= 0.6 is 24.0 Å². The van der Waals surface area contributed by atoms with Gasteiger partial charge in [0.1, 0.15) is 4.99 Å². The molecule has 0 aliphatic rings. The Morgan fingerprint density at radius 1 is 1.41 bits per heavy atom. The van der Waals surface area contributed by atoms with Crippen molar-refractivity contribution in [2.45, 2.75) is 37.6 Å². The molecule has 0 heterocycles. The molecule has 0 aliphatic heterocycles. The zero-order valence-electron chi connectivity index (χ0n) is 10.6. The van der Waals surface area contributed by atoms with Crippen LogP contribution < -0.4 is 11.1 Å². The molecule has 0 saturated carbocycles. The third-order valence-electron chi connectivity index (χ3n) is 2.84. The molecule has 1 aromatic rings. The maximum atomic E-state index is 5.83. The van der Waals surface area contributed by atoms with Crippen LogP contribution in [0, 0.1) is 0 Å². The fourth-order valence-electron chi connectivity index (χ4n) is 1.79. The summed E-state index contributed by atoms with van der Waals surface area (Å²) < 4.78 is 0. The number of anilines is 1. The molecule has 3 N–H and O–H groups in total. The lowest BCUT2D eigenvalue weighted by molar-refractivity contribution is 0.671. The van der Waals surface area contributed by atoms with Crippen LogP contribution in [0.4, 0.5) is 5.69 Å². The number of rotatable bonds is 6. The molecule has 0 spiro atoms. The topological polar surface area (TPSA) is 38.0 Å². The van der Waals surface area contributed by atoms with Crippen LogP contribution in [-0.2, 0) is 0 Å². The first-order chi connectivity index (χ1) is 8.13. The Hall–Kier alpha value is -0.740. The van der Waals surface area contributed by atoms with Gasteiger partial charge in [-0.1, -0.05) is 32.1 Å². The van der Waals surface area contributed by atoms with E-state index >= 15 is 0 Å². The molecule has 0 aromatic heterocycles. The lowest BCUT2D eigenvalue weighted by Crippen LogP contribution is -2.21. The van der Waals surface area contributed by atoms with Crippen molar-refractivity contribution in [1.82, 2.24) is 0 Å². The van der Waals surface area contributed by atoms with Gasteiger partial charge >= 0.3 is 0 Å². The Bertz CT molecular complexity index is 387. The van der Waals surface area contributed by atoms with E-state index in [0.29, 0.717) is 11.0 Å². The molecular formula is C13H20N2S2. The second kappa shape index (κ2) is 6.87. The van der Waals surface area contributed by atoms with Crippen molar-refractivity contribution in [3.8, 4) is 0 Å². The number of nitrogens with two attached hydrogens (primary N) is 1. The molecule has 0 fully saturated rings. The fourth-order valence-corrected chi connectivity index (χ4v) is 2.71. The van der Waals surface area contributed by atoms with E-state index in [9.17, 15) is 0 Å². The highest BCUT2D eigenvalue weighted by molar-refractivity contribution is 7.98. The highest BCUT2D eigenvalue weighted by Gasteiger charge is 2.12. The average molecular weight is 268 g/mol. The van der Waals surface area contributed by atoms with Crippen LogP contribution in [0.1, 0.15) is 32.3 Å². The van der Waals surface area contributed by atoms with Crippen molar-refractivity contribution >= 4 is 34.7 Å². The van der Waals surface area contributed by atoms with E-state index in [4.69, 9.17) is 18.0 Å². The van der Waals surface area contributed by atoms with Gasteiger partial charge in [0.25, 0.3) is 0 Å². The van der Waals surface area contributed by atoms with E-state index < -0.39 is 0 Å². The van der Waals surface area contributed by atoms with Crippen LogP contribution in [0.3, 0.4) is 0 Å². The van der Waals surface area contributed by atoms with Crippen LogP contribution in [0.5, 0.6) is 0 Å². The molecule has 1 aromatic carbocycles. The van der Waals surface area contributed by atoms with Crippen LogP contribution in [0.25, 0.3) is 0 Å². The second-order valence-electron chi connectivity index (χ2n) is 3.90. The average Bonchev–Trinajstić information content (AvgIpc) is 2.34. The molecule has 0 bridgehead atoms. The third kappa shape index (κ3) is 3.61. The summed E-state index contributed by atoms with van der Waals surface area (Å²) >= 11 is 6.83. The minimum Gasteiger partial charge on any atom is -0.389 e. The van der Waals surface area contributed by atoms with Gasteiger partial charge in [-0.2, -0.15) is 0 Å². The Balaban J connectivity index is 3.09. The zero-order valence-corrected chi connectivity index (χ0v) is 12.3. The predicted molar refractivity (Wildman–Crippen MR) is 82.1 cm³/mol. The molecule has 0 saturated heterocycles. The lowest BCUT2D eigenvalue weighted by atomic mass is 10.1. The Morgan fingerprint density at radius 3 is 2.53 bits per heavy atom. The normalized spacial score (nSPS) is 10.6. The van der Waals surface area contributed by atoms with Crippen molar-refractivity contribution in [2.75, 3.05) is 11.6 Å². The first-order valence-electron chi connectivity index (χ1n) is 5.87. The molecule has 94 valence electrons. The van der Waals surface area contributed by atoms with E-state index in [1.165, 1.54) is 0 Å². The predicted octanol–water partition coefficient (Wildman–Crippen LogP) is 3.64. The fraction of sp³-hybridized carbons (Fsp3) is 0.462. The standard InChI is InChI=1S/C13H20N2S2/c1-4-9(5-2)15-10-7-6-8-11(17-3)12(10)13(14)16/h6-9,15H,4-5H2,1-3H3,(H2,14,16). The summed E-state index contributed by atoms with van der Waals surface area (Å²) in [7, 11) is 0. The molecule has 4 heteroatoms. The van der Waals surface area contributed by atoms with Crippen LogP contribution in [-0.4, -0.2) is 17.3 Å². The third-order valence-corrected chi connectivity index (χ3v) is 3.82. The minimum atomic E-state index is 0.461. The molecule has 1 rings (SSSR count). The van der Waals surface area contributed by atoms with E-state index in [1.807, 2.05) is 18.4 Å². The van der Waals surface area contributed by atoms with Gasteiger partial charge in [0.2, 0.25) is 0 Å². The van der Waals surface area contributed by atoms with Gasteiger partial charge in [0.05, 0.1) is 0 Å². The maximum Gasteiger partial charge on any atom is 0.107 e. The number of thiocarbonyl (C=S) groups is 1.